The predicted molar refractivity (Wildman–Crippen MR) is 100 cm³/mol. The highest BCUT2D eigenvalue weighted by Crippen LogP contribution is 2.24. The number of nitrogens with one attached hydrogen (secondary N) is 2. The van der Waals surface area contributed by atoms with Crippen molar-refractivity contribution in [2.75, 3.05) is 5.32 Å². The van der Waals surface area contributed by atoms with Gasteiger partial charge in [-0.25, -0.2) is 14.5 Å². The van der Waals surface area contributed by atoms with Crippen LogP contribution >= 0.6 is 11.3 Å². The third-order valence-electron chi connectivity index (χ3n) is 3.56. The van der Waals surface area contributed by atoms with Gasteiger partial charge in [0.05, 0.1) is 0 Å². The van der Waals surface area contributed by atoms with E-state index in [2.05, 4.69) is 35.9 Å². The molecule has 134 valence electrons. The number of nitrogens with zero attached hydrogens (tertiary/aromatic N) is 6. The van der Waals surface area contributed by atoms with E-state index in [-0.39, 0.29) is 6.03 Å². The van der Waals surface area contributed by atoms with E-state index in [0.717, 1.165) is 5.56 Å². The molecule has 10 heteroatoms. The summed E-state index contributed by atoms with van der Waals surface area (Å²) < 4.78 is 1.65. The van der Waals surface area contributed by atoms with Crippen LogP contribution in [-0.4, -0.2) is 36.0 Å². The first-order valence-corrected chi connectivity index (χ1v) is 8.85. The highest BCUT2D eigenvalue weighted by molar-refractivity contribution is 7.18. The molecule has 0 unspecified atom stereocenters. The number of rotatable bonds is 5. The minimum atomic E-state index is -0.381. The first-order valence-electron chi connectivity index (χ1n) is 8.03. The van der Waals surface area contributed by atoms with Crippen LogP contribution in [0.15, 0.2) is 61.2 Å². The number of carbonyl (C=O) groups excluding carboxylic acids is 1. The summed E-state index contributed by atoms with van der Waals surface area (Å²) in [6.45, 7) is 0.292. The third kappa shape index (κ3) is 3.96. The lowest BCUT2D eigenvalue weighted by molar-refractivity contribution is 0.251. The summed E-state index contributed by atoms with van der Waals surface area (Å²) in [5.74, 6) is 0.663. The molecule has 4 rings (SSSR count). The Bertz CT molecular complexity index is 1030. The van der Waals surface area contributed by atoms with Crippen LogP contribution in [0.25, 0.3) is 16.5 Å². The molecule has 0 saturated heterocycles. The maximum atomic E-state index is 12.2. The summed E-state index contributed by atoms with van der Waals surface area (Å²) in [4.78, 5) is 20.7. The van der Waals surface area contributed by atoms with Crippen molar-refractivity contribution in [3.05, 3.63) is 66.7 Å². The molecule has 0 spiro atoms. The zero-order valence-corrected chi connectivity index (χ0v) is 14.8. The van der Waals surface area contributed by atoms with E-state index in [0.29, 0.717) is 28.2 Å². The second-order valence-electron chi connectivity index (χ2n) is 5.37. The summed E-state index contributed by atoms with van der Waals surface area (Å²) in [6.07, 6.45) is 6.84. The quantitative estimate of drug-likeness (QED) is 0.552. The molecular formula is C17H14N8OS. The lowest BCUT2D eigenvalue weighted by atomic mass is 10.2. The average Bonchev–Trinajstić information content (AvgIpc) is 3.40. The van der Waals surface area contributed by atoms with E-state index in [4.69, 9.17) is 0 Å². The molecule has 0 fully saturated rings. The zero-order valence-electron chi connectivity index (χ0n) is 14.0. The number of anilines is 1. The van der Waals surface area contributed by atoms with Crippen LogP contribution in [0.5, 0.6) is 0 Å². The second-order valence-corrected chi connectivity index (χ2v) is 6.35. The third-order valence-corrected chi connectivity index (χ3v) is 4.42. The van der Waals surface area contributed by atoms with Crippen molar-refractivity contribution in [2.24, 2.45) is 0 Å². The molecule has 4 aromatic heterocycles. The van der Waals surface area contributed by atoms with Crippen molar-refractivity contribution in [3.63, 3.8) is 0 Å². The smallest absolute Gasteiger partial charge is 0.321 e. The standard InChI is InChI=1S/C17H14N8OS/c26-16(22-17-24-23-15(27-17)13-6-1-2-7-18-13)20-11-12-5-3-8-19-14(12)25-10-4-9-21-25/h1-10H,11H2,(H2,20,22,24,26). The van der Waals surface area contributed by atoms with Gasteiger partial charge in [-0.15, -0.1) is 10.2 Å². The van der Waals surface area contributed by atoms with E-state index in [9.17, 15) is 4.79 Å². The molecule has 0 aliphatic rings. The van der Waals surface area contributed by atoms with E-state index in [1.165, 1.54) is 11.3 Å². The molecule has 9 nitrogen and oxygen atoms in total. The Hall–Kier alpha value is -3.66. The molecule has 4 heterocycles. The van der Waals surface area contributed by atoms with Gasteiger partial charge < -0.3 is 5.32 Å². The Morgan fingerprint density at radius 1 is 1.04 bits per heavy atom. The van der Waals surface area contributed by atoms with Crippen molar-refractivity contribution in [2.45, 2.75) is 6.54 Å². The van der Waals surface area contributed by atoms with Gasteiger partial charge in [-0.2, -0.15) is 5.10 Å². The average molecular weight is 378 g/mol. The summed E-state index contributed by atoms with van der Waals surface area (Å²) in [5, 5.41) is 18.7. The summed E-state index contributed by atoms with van der Waals surface area (Å²) >= 11 is 1.25. The molecule has 0 radical (unpaired) electrons. The molecule has 0 atom stereocenters. The number of hydrogen-bond acceptors (Lipinski definition) is 7. The summed E-state index contributed by atoms with van der Waals surface area (Å²) in [7, 11) is 0. The van der Waals surface area contributed by atoms with Crippen LogP contribution in [0.1, 0.15) is 5.56 Å². The molecule has 0 saturated carbocycles. The summed E-state index contributed by atoms with van der Waals surface area (Å²) in [5.41, 5.74) is 1.55. The van der Waals surface area contributed by atoms with Crippen molar-refractivity contribution in [1.29, 1.82) is 0 Å². The Kier molecular flexibility index (Phi) is 4.79. The molecule has 27 heavy (non-hydrogen) atoms. The van der Waals surface area contributed by atoms with Crippen LogP contribution in [-0.2, 0) is 6.54 Å². The van der Waals surface area contributed by atoms with Gasteiger partial charge in [0.2, 0.25) is 5.13 Å². The highest BCUT2D eigenvalue weighted by atomic mass is 32.1. The SMILES string of the molecule is O=C(NCc1cccnc1-n1cccn1)Nc1nnc(-c2ccccn2)s1. The largest absolute Gasteiger partial charge is 0.334 e. The van der Waals surface area contributed by atoms with Gasteiger partial charge in [0.25, 0.3) is 0 Å². The van der Waals surface area contributed by atoms with Gasteiger partial charge in [-0.1, -0.05) is 23.5 Å². The number of amides is 2. The van der Waals surface area contributed by atoms with Gasteiger partial charge in [-0.3, -0.25) is 10.3 Å². The van der Waals surface area contributed by atoms with Crippen LogP contribution in [0, 0.1) is 0 Å². The number of hydrogen-bond donors (Lipinski definition) is 2. The van der Waals surface area contributed by atoms with E-state index >= 15 is 0 Å². The van der Waals surface area contributed by atoms with Crippen molar-refractivity contribution in [3.8, 4) is 16.5 Å². The van der Waals surface area contributed by atoms with Crippen molar-refractivity contribution >= 4 is 22.5 Å². The molecule has 0 aliphatic heterocycles. The Labute approximate surface area is 158 Å². The molecular weight excluding hydrogens is 364 g/mol. The Morgan fingerprint density at radius 2 is 1.96 bits per heavy atom. The maximum Gasteiger partial charge on any atom is 0.321 e. The van der Waals surface area contributed by atoms with Gasteiger partial charge in [-0.05, 0) is 24.3 Å². The molecule has 0 aromatic carbocycles. The van der Waals surface area contributed by atoms with Gasteiger partial charge >= 0.3 is 6.03 Å². The summed E-state index contributed by atoms with van der Waals surface area (Å²) in [6, 6.07) is 10.7. The van der Waals surface area contributed by atoms with Crippen LogP contribution in [0.2, 0.25) is 0 Å². The minimum absolute atomic E-state index is 0.292. The van der Waals surface area contributed by atoms with Gasteiger partial charge in [0, 0.05) is 36.9 Å². The fraction of sp³-hybridized carbons (Fsp3) is 0.0588. The molecule has 2 N–H and O–H groups in total. The second kappa shape index (κ2) is 7.70. The topological polar surface area (TPSA) is 111 Å². The fourth-order valence-electron chi connectivity index (χ4n) is 2.35. The lowest BCUT2D eigenvalue weighted by Gasteiger charge is -2.09. The lowest BCUT2D eigenvalue weighted by Crippen LogP contribution is -2.28. The predicted octanol–water partition coefficient (Wildman–Crippen LogP) is 2.50. The van der Waals surface area contributed by atoms with Gasteiger partial charge in [0.1, 0.15) is 5.69 Å². The van der Waals surface area contributed by atoms with E-state index < -0.39 is 0 Å². The van der Waals surface area contributed by atoms with Crippen molar-refractivity contribution < 1.29 is 4.79 Å². The van der Waals surface area contributed by atoms with Crippen LogP contribution in [0.4, 0.5) is 9.93 Å². The van der Waals surface area contributed by atoms with E-state index in [1.807, 2.05) is 36.4 Å². The molecule has 0 bridgehead atoms. The maximum absolute atomic E-state index is 12.2. The zero-order chi connectivity index (χ0) is 18.5. The number of pyridine rings is 2. The number of carbonyl (C=O) groups is 1. The van der Waals surface area contributed by atoms with Crippen LogP contribution < -0.4 is 10.6 Å². The first-order chi connectivity index (χ1) is 13.3. The van der Waals surface area contributed by atoms with Crippen LogP contribution in [0.3, 0.4) is 0 Å². The minimum Gasteiger partial charge on any atom is -0.334 e. The number of urea groups is 1. The number of aromatic nitrogens is 6. The van der Waals surface area contributed by atoms with Gasteiger partial charge in [0.15, 0.2) is 10.8 Å². The van der Waals surface area contributed by atoms with Crippen molar-refractivity contribution in [1.82, 2.24) is 35.3 Å². The molecule has 4 aromatic rings. The normalized spacial score (nSPS) is 10.5. The highest BCUT2D eigenvalue weighted by Gasteiger charge is 2.11. The molecule has 2 amide bonds. The van der Waals surface area contributed by atoms with E-state index in [1.54, 1.807) is 29.5 Å². The first kappa shape index (κ1) is 16.8. The fourth-order valence-corrected chi connectivity index (χ4v) is 3.07. The Morgan fingerprint density at radius 3 is 2.78 bits per heavy atom. The molecule has 0 aliphatic carbocycles. The Balaban J connectivity index is 1.39. The monoisotopic (exact) mass is 378 g/mol.